The van der Waals surface area contributed by atoms with E-state index in [1.807, 2.05) is 0 Å². The van der Waals surface area contributed by atoms with Crippen molar-refractivity contribution in [2.45, 2.75) is 0 Å². The third-order valence-electron chi connectivity index (χ3n) is 1.84. The molecule has 0 aliphatic carbocycles. The van der Waals surface area contributed by atoms with Gasteiger partial charge in [0.05, 0.1) is 6.61 Å². The molecule has 0 bridgehead atoms. The van der Waals surface area contributed by atoms with Crippen LogP contribution >= 0.6 is 0 Å². The number of nitrogens with one attached hydrogen (secondary N) is 1. The lowest BCUT2D eigenvalue weighted by atomic mass is 10.3. The quantitative estimate of drug-likeness (QED) is 0.693. The Kier molecular flexibility index (Phi) is 5.15. The molecule has 0 saturated carbocycles. The van der Waals surface area contributed by atoms with Crippen molar-refractivity contribution in [3.63, 3.8) is 0 Å². The van der Waals surface area contributed by atoms with Crippen LogP contribution in [0.2, 0.25) is 0 Å². The first-order valence-corrected chi connectivity index (χ1v) is 4.90. The number of ether oxygens (including phenoxy) is 2. The van der Waals surface area contributed by atoms with Gasteiger partial charge in [0.1, 0.15) is 11.5 Å². The minimum Gasteiger partial charge on any atom is -0.508 e. The van der Waals surface area contributed by atoms with Crippen molar-refractivity contribution in [2.24, 2.45) is 0 Å². The van der Waals surface area contributed by atoms with E-state index in [0.717, 1.165) is 0 Å². The summed E-state index contributed by atoms with van der Waals surface area (Å²) in [5, 5.41) is 11.7. The molecule has 0 fully saturated rings. The van der Waals surface area contributed by atoms with E-state index in [1.165, 1.54) is 12.1 Å². The molecule has 1 aromatic rings. The van der Waals surface area contributed by atoms with E-state index >= 15 is 0 Å². The van der Waals surface area contributed by atoms with Crippen LogP contribution in [0, 0.1) is 0 Å². The molecule has 0 radical (unpaired) electrons. The van der Waals surface area contributed by atoms with Gasteiger partial charge in [-0.3, -0.25) is 4.79 Å². The lowest BCUT2D eigenvalue weighted by Crippen LogP contribution is -2.31. The van der Waals surface area contributed by atoms with Crippen molar-refractivity contribution >= 4 is 5.91 Å². The zero-order valence-corrected chi connectivity index (χ0v) is 9.10. The standard InChI is InChI=1S/C11H15NO4/c1-15-7-6-12-11(14)8-16-10-4-2-9(13)3-5-10/h2-5,13H,6-8H2,1H3,(H,12,14). The van der Waals surface area contributed by atoms with Gasteiger partial charge in [-0.15, -0.1) is 0 Å². The molecule has 1 aromatic carbocycles. The highest BCUT2D eigenvalue weighted by Crippen LogP contribution is 2.15. The fraction of sp³-hybridized carbons (Fsp3) is 0.364. The Labute approximate surface area is 94.0 Å². The molecule has 0 heterocycles. The number of benzene rings is 1. The Balaban J connectivity index is 2.23. The van der Waals surface area contributed by atoms with Crippen LogP contribution in [-0.4, -0.2) is 37.9 Å². The average molecular weight is 225 g/mol. The van der Waals surface area contributed by atoms with Crippen molar-refractivity contribution in [1.82, 2.24) is 5.32 Å². The maximum absolute atomic E-state index is 11.2. The number of hydrogen-bond donors (Lipinski definition) is 2. The van der Waals surface area contributed by atoms with Gasteiger partial charge in [-0.2, -0.15) is 0 Å². The summed E-state index contributed by atoms with van der Waals surface area (Å²) in [5.41, 5.74) is 0. The largest absolute Gasteiger partial charge is 0.508 e. The monoisotopic (exact) mass is 225 g/mol. The summed E-state index contributed by atoms with van der Waals surface area (Å²) >= 11 is 0. The molecule has 88 valence electrons. The van der Waals surface area contributed by atoms with Gasteiger partial charge in [0.15, 0.2) is 6.61 Å². The van der Waals surface area contributed by atoms with Gasteiger partial charge >= 0.3 is 0 Å². The van der Waals surface area contributed by atoms with Crippen LogP contribution < -0.4 is 10.1 Å². The summed E-state index contributed by atoms with van der Waals surface area (Å²) in [4.78, 5) is 11.2. The lowest BCUT2D eigenvalue weighted by Gasteiger charge is -2.06. The molecule has 0 aliphatic rings. The highest BCUT2D eigenvalue weighted by Gasteiger charge is 2.01. The summed E-state index contributed by atoms with van der Waals surface area (Å²) < 4.78 is 9.97. The zero-order chi connectivity index (χ0) is 11.8. The first-order chi connectivity index (χ1) is 7.72. The van der Waals surface area contributed by atoms with E-state index in [-0.39, 0.29) is 18.3 Å². The van der Waals surface area contributed by atoms with Crippen LogP contribution in [0.25, 0.3) is 0 Å². The molecular formula is C11H15NO4. The lowest BCUT2D eigenvalue weighted by molar-refractivity contribution is -0.123. The molecular weight excluding hydrogens is 210 g/mol. The number of amides is 1. The molecule has 0 aromatic heterocycles. The molecule has 1 amide bonds. The molecule has 0 spiro atoms. The van der Waals surface area contributed by atoms with Gasteiger partial charge in [0.2, 0.25) is 0 Å². The molecule has 16 heavy (non-hydrogen) atoms. The molecule has 2 N–H and O–H groups in total. The first kappa shape index (κ1) is 12.3. The van der Waals surface area contributed by atoms with Crippen molar-refractivity contribution in [1.29, 1.82) is 0 Å². The third kappa shape index (κ3) is 4.65. The molecule has 0 saturated heterocycles. The number of aromatic hydroxyl groups is 1. The van der Waals surface area contributed by atoms with E-state index in [2.05, 4.69) is 5.32 Å². The molecule has 0 unspecified atom stereocenters. The van der Waals surface area contributed by atoms with Crippen molar-refractivity contribution in [3.05, 3.63) is 24.3 Å². The number of phenolic OH excluding ortho intramolecular Hbond substituents is 1. The predicted octanol–water partition coefficient (Wildman–Crippen LogP) is 0.534. The minimum absolute atomic E-state index is 0.0471. The van der Waals surface area contributed by atoms with Crippen LogP contribution in [0.1, 0.15) is 0 Å². The SMILES string of the molecule is COCCNC(=O)COc1ccc(O)cc1. The highest BCUT2D eigenvalue weighted by atomic mass is 16.5. The van der Waals surface area contributed by atoms with E-state index < -0.39 is 0 Å². The number of rotatable bonds is 6. The van der Waals surface area contributed by atoms with E-state index in [9.17, 15) is 4.79 Å². The fourth-order valence-electron chi connectivity index (χ4n) is 1.03. The molecule has 5 heteroatoms. The Morgan fingerprint density at radius 3 is 2.69 bits per heavy atom. The Hall–Kier alpha value is -1.75. The highest BCUT2D eigenvalue weighted by molar-refractivity contribution is 5.77. The predicted molar refractivity (Wildman–Crippen MR) is 58.5 cm³/mol. The topological polar surface area (TPSA) is 67.8 Å². The number of methoxy groups -OCH3 is 1. The second-order valence-electron chi connectivity index (χ2n) is 3.13. The molecule has 1 rings (SSSR count). The van der Waals surface area contributed by atoms with Crippen LogP contribution in [0.5, 0.6) is 11.5 Å². The summed E-state index contributed by atoms with van der Waals surface area (Å²) in [6.07, 6.45) is 0. The van der Waals surface area contributed by atoms with Gasteiger partial charge in [-0.25, -0.2) is 0 Å². The van der Waals surface area contributed by atoms with Crippen LogP contribution in [0.15, 0.2) is 24.3 Å². The van der Waals surface area contributed by atoms with Crippen molar-refractivity contribution in [3.8, 4) is 11.5 Å². The fourth-order valence-corrected chi connectivity index (χ4v) is 1.03. The summed E-state index contributed by atoms with van der Waals surface area (Å²) in [6.45, 7) is 0.897. The van der Waals surface area contributed by atoms with Crippen LogP contribution in [0.4, 0.5) is 0 Å². The maximum atomic E-state index is 11.2. The zero-order valence-electron chi connectivity index (χ0n) is 9.10. The Morgan fingerprint density at radius 1 is 1.38 bits per heavy atom. The number of hydrogen-bond acceptors (Lipinski definition) is 4. The first-order valence-electron chi connectivity index (χ1n) is 4.90. The van der Waals surface area contributed by atoms with E-state index in [4.69, 9.17) is 14.6 Å². The van der Waals surface area contributed by atoms with Crippen molar-refractivity contribution < 1.29 is 19.4 Å². The second kappa shape index (κ2) is 6.68. The van der Waals surface area contributed by atoms with Crippen molar-refractivity contribution in [2.75, 3.05) is 26.9 Å². The summed E-state index contributed by atoms with van der Waals surface area (Å²) in [7, 11) is 1.57. The molecule has 5 nitrogen and oxygen atoms in total. The normalized spacial score (nSPS) is 9.81. The average Bonchev–Trinajstić information content (AvgIpc) is 2.29. The van der Waals surface area contributed by atoms with Crippen LogP contribution in [0.3, 0.4) is 0 Å². The third-order valence-corrected chi connectivity index (χ3v) is 1.84. The molecule has 0 atom stereocenters. The maximum Gasteiger partial charge on any atom is 0.258 e. The van der Waals surface area contributed by atoms with Crippen LogP contribution in [-0.2, 0) is 9.53 Å². The minimum atomic E-state index is -0.204. The van der Waals surface area contributed by atoms with Gasteiger partial charge in [0.25, 0.3) is 5.91 Å². The number of carbonyl (C=O) groups excluding carboxylic acids is 1. The molecule has 0 aliphatic heterocycles. The second-order valence-corrected chi connectivity index (χ2v) is 3.13. The summed E-state index contributed by atoms with van der Waals surface area (Å²) in [6, 6.07) is 6.19. The van der Waals surface area contributed by atoms with Gasteiger partial charge < -0.3 is 19.9 Å². The number of phenols is 1. The smallest absolute Gasteiger partial charge is 0.258 e. The Bertz CT molecular complexity index is 323. The van der Waals surface area contributed by atoms with E-state index in [1.54, 1.807) is 19.2 Å². The van der Waals surface area contributed by atoms with Gasteiger partial charge in [0, 0.05) is 13.7 Å². The summed E-state index contributed by atoms with van der Waals surface area (Å²) in [5.74, 6) is 0.502. The Morgan fingerprint density at radius 2 is 2.06 bits per heavy atom. The van der Waals surface area contributed by atoms with E-state index in [0.29, 0.717) is 18.9 Å². The van der Waals surface area contributed by atoms with Gasteiger partial charge in [-0.1, -0.05) is 0 Å². The number of carbonyl (C=O) groups is 1. The van der Waals surface area contributed by atoms with Gasteiger partial charge in [-0.05, 0) is 24.3 Å².